The van der Waals surface area contributed by atoms with E-state index >= 15 is 0 Å². The first-order valence-electron chi connectivity index (χ1n) is 30.0. The summed E-state index contributed by atoms with van der Waals surface area (Å²) in [5, 5.41) is 14.0. The number of amides is 1. The summed E-state index contributed by atoms with van der Waals surface area (Å²) in [7, 11) is 1.56. The molecule has 0 aromatic carbocycles. The SMILES string of the molecule is CC/C=C\C/C=C\C/C=C\C/C=C\C/C=C\C/C=C\CCCCCCCCCCC(=O)NC(COP(=O)(O)OCC[N+](C)(C)C)C(O)/C=C/CCCCCCCCCCCCCCCCCCCCCCC. The van der Waals surface area contributed by atoms with Crippen LogP contribution in [0.3, 0.4) is 0 Å². The maximum atomic E-state index is 13.0. The van der Waals surface area contributed by atoms with Crippen LogP contribution in [-0.4, -0.2) is 73.4 Å². The number of hydrogen-bond donors (Lipinski definition) is 3. The Bertz CT molecular complexity index is 1450. The summed E-state index contributed by atoms with van der Waals surface area (Å²) >= 11 is 0. The fourth-order valence-electron chi connectivity index (χ4n) is 8.46. The molecule has 3 atom stereocenters. The smallest absolute Gasteiger partial charge is 0.387 e. The van der Waals surface area contributed by atoms with E-state index in [1.807, 2.05) is 27.2 Å². The summed E-state index contributed by atoms with van der Waals surface area (Å²) in [4.78, 5) is 23.3. The zero-order valence-electron chi connectivity index (χ0n) is 47.7. The van der Waals surface area contributed by atoms with Gasteiger partial charge in [-0.05, 0) is 70.6 Å². The summed E-state index contributed by atoms with van der Waals surface area (Å²) in [5.74, 6) is -0.187. The second kappa shape index (κ2) is 53.5. The molecule has 1 amide bonds. The highest BCUT2D eigenvalue weighted by Crippen LogP contribution is 2.43. The van der Waals surface area contributed by atoms with Crippen LogP contribution in [0.1, 0.15) is 258 Å². The number of unbranched alkanes of at least 4 members (excludes halogenated alkanes) is 29. The van der Waals surface area contributed by atoms with Gasteiger partial charge in [0.15, 0.2) is 0 Å². The number of quaternary nitrogens is 1. The predicted molar refractivity (Wildman–Crippen MR) is 313 cm³/mol. The fraction of sp³-hybridized carbons (Fsp3) is 0.762. The summed E-state index contributed by atoms with van der Waals surface area (Å²) in [6, 6.07) is -0.858. The Morgan fingerprint density at radius 1 is 0.486 bits per heavy atom. The lowest BCUT2D eigenvalue weighted by Crippen LogP contribution is -2.45. The van der Waals surface area contributed by atoms with Gasteiger partial charge in [0, 0.05) is 6.42 Å². The summed E-state index contributed by atoms with van der Waals surface area (Å²) < 4.78 is 23.7. The number of nitrogens with one attached hydrogen (secondary N) is 1. The summed E-state index contributed by atoms with van der Waals surface area (Å²) in [6.45, 7) is 4.71. The van der Waals surface area contributed by atoms with E-state index in [0.29, 0.717) is 17.4 Å². The molecule has 0 aliphatic rings. The van der Waals surface area contributed by atoms with E-state index < -0.39 is 20.0 Å². The number of hydrogen-bond acceptors (Lipinski definition) is 5. The molecule has 0 saturated carbocycles. The van der Waals surface area contributed by atoms with Crippen LogP contribution in [0.15, 0.2) is 85.1 Å². The monoisotopic (exact) mass is 1030 g/mol. The molecule has 0 saturated heterocycles. The number of likely N-dealkylation sites (N-methyl/N-ethyl adjacent to an activating group) is 1. The van der Waals surface area contributed by atoms with Gasteiger partial charge < -0.3 is 19.8 Å². The summed E-state index contributed by atoms with van der Waals surface area (Å²) in [6.07, 6.45) is 75.4. The van der Waals surface area contributed by atoms with Crippen LogP contribution in [0.5, 0.6) is 0 Å². The van der Waals surface area contributed by atoms with Gasteiger partial charge in [-0.25, -0.2) is 4.57 Å². The molecule has 0 fully saturated rings. The first-order valence-corrected chi connectivity index (χ1v) is 31.5. The maximum absolute atomic E-state index is 13.0. The number of phosphoric acid groups is 1. The lowest BCUT2D eigenvalue weighted by Gasteiger charge is -2.25. The number of carbonyl (C=O) groups is 1. The zero-order chi connectivity index (χ0) is 52.7. The van der Waals surface area contributed by atoms with Gasteiger partial charge in [0.25, 0.3) is 0 Å². The second-order valence-corrected chi connectivity index (χ2v) is 22.8. The van der Waals surface area contributed by atoms with Gasteiger partial charge in [0.1, 0.15) is 13.2 Å². The zero-order valence-corrected chi connectivity index (χ0v) is 48.5. The molecule has 0 radical (unpaired) electrons. The van der Waals surface area contributed by atoms with Gasteiger partial charge in [0.2, 0.25) is 5.91 Å². The molecular weight excluding hydrogens is 912 g/mol. The predicted octanol–water partition coefficient (Wildman–Crippen LogP) is 18.4. The molecule has 3 unspecified atom stereocenters. The molecule has 9 heteroatoms. The molecule has 0 spiro atoms. The molecular formula is C63H116N2O6P+. The van der Waals surface area contributed by atoms with Gasteiger partial charge in [-0.15, -0.1) is 0 Å². The van der Waals surface area contributed by atoms with Crippen molar-refractivity contribution in [2.45, 2.75) is 270 Å². The maximum Gasteiger partial charge on any atom is 0.472 e. The standard InChI is InChI=1S/C63H115N2O6P/c1-6-8-10-12-14-16-18-20-22-24-26-28-30-31-32-33-35-37-39-41-43-45-47-49-51-53-55-57-63(67)64-61(60-71-72(68,69)70-59-58-65(3,4)5)62(66)56-54-52-50-48-46-44-42-40-38-36-34-29-27-25-23-21-19-17-15-13-11-9-7-2/h8,10,14,16,20,22,26,28,31-32,35,37,54,56,61-62,66H,6-7,9,11-13,15,17-19,21,23-25,27,29-30,33-34,36,38-53,55,57-60H2,1-5H3,(H-,64,67,68,69)/p+1/b10-8-,16-14-,22-20-,28-26-,32-31-,37-35-,56-54+. The van der Waals surface area contributed by atoms with Gasteiger partial charge in [-0.3, -0.25) is 13.8 Å². The second-order valence-electron chi connectivity index (χ2n) is 21.3. The third kappa shape index (κ3) is 55.4. The summed E-state index contributed by atoms with van der Waals surface area (Å²) in [5.41, 5.74) is 0. The van der Waals surface area contributed by atoms with Crippen molar-refractivity contribution in [2.24, 2.45) is 0 Å². The molecule has 0 heterocycles. The third-order valence-electron chi connectivity index (χ3n) is 13.1. The van der Waals surface area contributed by atoms with Crippen molar-refractivity contribution < 1.29 is 32.9 Å². The van der Waals surface area contributed by atoms with Crippen LogP contribution in [0.25, 0.3) is 0 Å². The van der Waals surface area contributed by atoms with Crippen LogP contribution in [0.2, 0.25) is 0 Å². The molecule has 8 nitrogen and oxygen atoms in total. The Morgan fingerprint density at radius 3 is 1.22 bits per heavy atom. The average Bonchev–Trinajstić information content (AvgIpc) is 3.34. The normalized spacial score (nSPS) is 14.5. The van der Waals surface area contributed by atoms with Crippen molar-refractivity contribution in [1.29, 1.82) is 0 Å². The highest BCUT2D eigenvalue weighted by Gasteiger charge is 2.27. The Hall–Kier alpha value is -2.32. The molecule has 72 heavy (non-hydrogen) atoms. The number of phosphoric ester groups is 1. The topological polar surface area (TPSA) is 105 Å². The molecule has 0 aliphatic carbocycles. The molecule has 0 aliphatic heterocycles. The Morgan fingerprint density at radius 2 is 0.833 bits per heavy atom. The highest BCUT2D eigenvalue weighted by atomic mass is 31.2. The van der Waals surface area contributed by atoms with Gasteiger partial charge in [0.05, 0.1) is 39.9 Å². The number of aliphatic hydroxyl groups is 1. The van der Waals surface area contributed by atoms with Gasteiger partial charge in [-0.2, -0.15) is 0 Å². The average molecular weight is 1030 g/mol. The van der Waals surface area contributed by atoms with Crippen molar-refractivity contribution >= 4 is 13.7 Å². The minimum Gasteiger partial charge on any atom is -0.387 e. The van der Waals surface area contributed by atoms with E-state index in [4.69, 9.17) is 9.05 Å². The largest absolute Gasteiger partial charge is 0.472 e. The van der Waals surface area contributed by atoms with Gasteiger partial charge >= 0.3 is 7.82 Å². The van der Waals surface area contributed by atoms with Crippen molar-refractivity contribution in [3.63, 3.8) is 0 Å². The molecule has 0 aromatic heterocycles. The first kappa shape index (κ1) is 69.7. The molecule has 0 aromatic rings. The van der Waals surface area contributed by atoms with Crippen molar-refractivity contribution in [3.05, 3.63) is 85.1 Å². The van der Waals surface area contributed by atoms with E-state index in [1.165, 1.54) is 154 Å². The molecule has 3 N–H and O–H groups in total. The lowest BCUT2D eigenvalue weighted by molar-refractivity contribution is -0.870. The van der Waals surface area contributed by atoms with Gasteiger partial charge in [-0.1, -0.05) is 266 Å². The van der Waals surface area contributed by atoms with E-state index in [-0.39, 0.29) is 19.1 Å². The van der Waals surface area contributed by atoms with Crippen LogP contribution in [-0.2, 0) is 18.4 Å². The minimum atomic E-state index is -4.36. The van der Waals surface area contributed by atoms with E-state index in [2.05, 4.69) is 92.1 Å². The van der Waals surface area contributed by atoms with Crippen LogP contribution < -0.4 is 5.32 Å². The van der Waals surface area contributed by atoms with E-state index in [9.17, 15) is 19.4 Å². The van der Waals surface area contributed by atoms with Crippen LogP contribution in [0, 0.1) is 0 Å². The minimum absolute atomic E-state index is 0.0561. The number of carbonyl (C=O) groups excluding carboxylic acids is 1. The highest BCUT2D eigenvalue weighted by molar-refractivity contribution is 7.47. The molecule has 0 bridgehead atoms. The van der Waals surface area contributed by atoms with Crippen LogP contribution in [0.4, 0.5) is 0 Å². The number of allylic oxidation sites excluding steroid dienone is 13. The molecule has 0 rings (SSSR count). The van der Waals surface area contributed by atoms with Crippen molar-refractivity contribution in [2.75, 3.05) is 40.9 Å². The van der Waals surface area contributed by atoms with Crippen molar-refractivity contribution in [3.8, 4) is 0 Å². The Balaban J connectivity index is 4.24. The van der Waals surface area contributed by atoms with Crippen molar-refractivity contribution in [1.82, 2.24) is 5.32 Å². The molecule has 418 valence electrons. The number of nitrogens with zero attached hydrogens (tertiary/aromatic N) is 1. The Kier molecular flexibility index (Phi) is 51.8. The van der Waals surface area contributed by atoms with E-state index in [0.717, 1.165) is 83.5 Å². The third-order valence-corrected chi connectivity index (χ3v) is 14.1. The quantitative estimate of drug-likeness (QED) is 0.0243. The van der Waals surface area contributed by atoms with Crippen LogP contribution >= 0.6 is 7.82 Å². The number of rotatable bonds is 54. The van der Waals surface area contributed by atoms with E-state index in [1.54, 1.807) is 6.08 Å². The number of aliphatic hydroxyl groups excluding tert-OH is 1. The fourth-order valence-corrected chi connectivity index (χ4v) is 9.19. The Labute approximate surface area is 446 Å². The lowest BCUT2D eigenvalue weighted by atomic mass is 10.0. The first-order chi connectivity index (χ1) is 35.0.